The number of esters is 1. The van der Waals surface area contributed by atoms with Crippen molar-refractivity contribution >= 4 is 53.0 Å². The molecule has 1 heterocycles. The third-order valence-corrected chi connectivity index (χ3v) is 3.93. The Hall–Kier alpha value is -0.140. The number of cyclic esters (lactones) is 1. The van der Waals surface area contributed by atoms with Crippen LogP contribution in [-0.4, -0.2) is 58.4 Å². The van der Waals surface area contributed by atoms with Gasteiger partial charge in [0.05, 0.1) is 0 Å². The fourth-order valence-electron chi connectivity index (χ4n) is 1.49. The first-order valence-corrected chi connectivity index (χ1v) is 4.36. The van der Waals surface area contributed by atoms with Gasteiger partial charge in [-0.05, 0) is 0 Å². The van der Waals surface area contributed by atoms with Gasteiger partial charge in [0.15, 0.2) is 0 Å². The molecule has 0 N–H and O–H groups in total. The first kappa shape index (κ1) is 9.94. The van der Waals surface area contributed by atoms with Crippen LogP contribution in [0.25, 0.3) is 0 Å². The fourth-order valence-corrected chi connectivity index (χ4v) is 1.49. The maximum Gasteiger partial charge on any atom is 0.294 e. The van der Waals surface area contributed by atoms with E-state index in [4.69, 9.17) is 4.74 Å². The average molecular weight is 157 g/mol. The number of hydrogen-bond acceptors (Lipinski definition) is 2. The minimum atomic E-state index is -0.378. The molecule has 0 atom stereocenters. The summed E-state index contributed by atoms with van der Waals surface area (Å²) in [5, 5.41) is -0.846. The monoisotopic (exact) mass is 158 g/mol. The van der Waals surface area contributed by atoms with Gasteiger partial charge in [-0.2, -0.15) is 0 Å². The second-order valence-electron chi connectivity index (χ2n) is 5.15. The highest BCUT2D eigenvalue weighted by Crippen LogP contribution is 2.55. The van der Waals surface area contributed by atoms with Crippen LogP contribution in [0.2, 0.25) is 10.4 Å². The van der Waals surface area contributed by atoms with E-state index in [9.17, 15) is 4.79 Å². The summed E-state index contributed by atoms with van der Waals surface area (Å²) in [5.74, 6) is -0.0856. The molecule has 0 radical (unpaired) electrons. The lowest BCUT2D eigenvalue weighted by Crippen LogP contribution is -2.47. The smallest absolute Gasteiger partial charge is 0.294 e. The standard InChI is InChI=1S/C4H12B6O2/c5-2(6)1(11)12-4(9,10)3(2,7)8/h5-10H2. The van der Waals surface area contributed by atoms with Crippen molar-refractivity contribution in [1.29, 1.82) is 0 Å². The average Bonchev–Trinajstić information content (AvgIpc) is 1.92. The lowest BCUT2D eigenvalue weighted by Gasteiger charge is -2.40. The number of hydrogen-bond donors (Lipinski definition) is 0. The Labute approximate surface area is 79.0 Å². The van der Waals surface area contributed by atoms with Crippen molar-refractivity contribution in [3.05, 3.63) is 0 Å². The van der Waals surface area contributed by atoms with Crippen molar-refractivity contribution in [2.24, 2.45) is 0 Å². The minimum absolute atomic E-state index is 0.0856. The third-order valence-electron chi connectivity index (χ3n) is 3.93. The van der Waals surface area contributed by atoms with Crippen LogP contribution in [0.4, 0.5) is 0 Å². The Morgan fingerprint density at radius 3 is 1.50 bits per heavy atom. The summed E-state index contributed by atoms with van der Waals surface area (Å²) in [6.45, 7) is 0. The van der Waals surface area contributed by atoms with E-state index >= 15 is 0 Å². The second kappa shape index (κ2) is 2.21. The normalized spacial score (nSPS) is 29.5. The zero-order valence-electron chi connectivity index (χ0n) is 8.82. The van der Waals surface area contributed by atoms with Gasteiger partial charge in [0.25, 0.3) is 5.97 Å². The Morgan fingerprint density at radius 1 is 1.00 bits per heavy atom. The summed E-state index contributed by atoms with van der Waals surface area (Å²) in [7, 11) is 12.0. The number of carbonyl (C=O) groups excluding carboxylic acids is 1. The first-order valence-electron chi connectivity index (χ1n) is 4.36. The van der Waals surface area contributed by atoms with Crippen molar-refractivity contribution < 1.29 is 9.53 Å². The van der Waals surface area contributed by atoms with E-state index in [2.05, 4.69) is 15.7 Å². The predicted octanol–water partition coefficient (Wildman–Crippen LogP) is -5.77. The summed E-state index contributed by atoms with van der Waals surface area (Å²) in [5.41, 5.74) is 0. The van der Waals surface area contributed by atoms with Crippen LogP contribution in [0.15, 0.2) is 0 Å². The molecule has 0 aromatic rings. The molecule has 0 amide bonds. The Morgan fingerprint density at radius 2 is 1.42 bits per heavy atom. The van der Waals surface area contributed by atoms with Gasteiger partial charge in [-0.3, -0.25) is 4.79 Å². The van der Waals surface area contributed by atoms with Gasteiger partial charge < -0.3 is 4.74 Å². The van der Waals surface area contributed by atoms with Crippen molar-refractivity contribution in [1.82, 2.24) is 0 Å². The SMILES string of the molecule is BC1(B)OC(=O)C(B)(B)C1(B)B. The molecule has 1 fully saturated rings. The molecule has 1 saturated heterocycles. The van der Waals surface area contributed by atoms with Crippen molar-refractivity contribution in [2.75, 3.05) is 0 Å². The van der Waals surface area contributed by atoms with Crippen LogP contribution in [0.3, 0.4) is 0 Å². The highest BCUT2D eigenvalue weighted by molar-refractivity contribution is 6.67. The van der Waals surface area contributed by atoms with Crippen LogP contribution in [-0.2, 0) is 9.53 Å². The summed E-state index contributed by atoms with van der Waals surface area (Å²) < 4.78 is 5.34. The molecular formula is C4H12B6O2. The van der Waals surface area contributed by atoms with Gasteiger partial charge in [-0.15, -0.1) is 0 Å². The summed E-state index contributed by atoms with van der Waals surface area (Å²) in [6.07, 6.45) is 0. The molecular weight excluding hydrogens is 145 g/mol. The molecule has 0 aromatic heterocycles. The highest BCUT2D eigenvalue weighted by atomic mass is 16.6. The summed E-state index contributed by atoms with van der Waals surface area (Å²) >= 11 is 0. The van der Waals surface area contributed by atoms with Crippen LogP contribution in [0, 0.1) is 0 Å². The lowest BCUT2D eigenvalue weighted by molar-refractivity contribution is -0.141. The molecule has 8 heteroatoms. The number of rotatable bonds is 0. The van der Waals surface area contributed by atoms with Gasteiger partial charge in [-0.25, -0.2) is 0 Å². The minimum Gasteiger partial charge on any atom is -0.480 e. The fraction of sp³-hybridized carbons (Fsp3) is 0.750. The zero-order chi connectivity index (χ0) is 9.78. The molecule has 58 valence electrons. The highest BCUT2D eigenvalue weighted by Gasteiger charge is 2.59. The first-order chi connectivity index (χ1) is 5.13. The Kier molecular flexibility index (Phi) is 1.83. The number of carbonyl (C=O) groups is 1. The molecule has 0 saturated carbocycles. The van der Waals surface area contributed by atoms with E-state index < -0.39 is 0 Å². The quantitative estimate of drug-likeness (QED) is 0.258. The van der Waals surface area contributed by atoms with Crippen molar-refractivity contribution in [3.8, 4) is 0 Å². The van der Waals surface area contributed by atoms with E-state index in [1.807, 2.05) is 31.4 Å². The molecule has 0 aromatic carbocycles. The van der Waals surface area contributed by atoms with E-state index in [0.29, 0.717) is 0 Å². The molecule has 0 bridgehead atoms. The largest absolute Gasteiger partial charge is 0.480 e. The molecule has 12 heavy (non-hydrogen) atoms. The van der Waals surface area contributed by atoms with Gasteiger partial charge in [0.2, 0.25) is 0 Å². The van der Waals surface area contributed by atoms with Crippen LogP contribution in [0.5, 0.6) is 0 Å². The Balaban J connectivity index is 3.19. The lowest BCUT2D eigenvalue weighted by atomic mass is 9.22. The molecule has 1 aliphatic heterocycles. The van der Waals surface area contributed by atoms with Gasteiger partial charge in [-0.1, -0.05) is 5.21 Å². The van der Waals surface area contributed by atoms with Crippen LogP contribution >= 0.6 is 0 Å². The number of ether oxygens (including phenoxy) is 1. The van der Waals surface area contributed by atoms with Crippen LogP contribution < -0.4 is 0 Å². The van der Waals surface area contributed by atoms with Gasteiger partial charge in [0.1, 0.15) is 47.1 Å². The maximum absolute atomic E-state index is 11.5. The van der Waals surface area contributed by atoms with E-state index in [-0.39, 0.29) is 21.8 Å². The topological polar surface area (TPSA) is 26.3 Å². The van der Waals surface area contributed by atoms with Gasteiger partial charge >= 0.3 is 0 Å². The van der Waals surface area contributed by atoms with E-state index in [0.717, 1.165) is 0 Å². The van der Waals surface area contributed by atoms with E-state index in [1.54, 1.807) is 0 Å². The molecule has 1 aliphatic rings. The van der Waals surface area contributed by atoms with Crippen molar-refractivity contribution in [3.63, 3.8) is 0 Å². The van der Waals surface area contributed by atoms with Gasteiger partial charge in [0, 0.05) is 10.6 Å². The molecule has 0 aliphatic carbocycles. The Bertz CT molecular complexity index is 234. The molecule has 0 spiro atoms. The predicted molar refractivity (Wildman–Crippen MR) is 65.5 cm³/mol. The van der Waals surface area contributed by atoms with Crippen molar-refractivity contribution in [2.45, 2.75) is 15.8 Å². The molecule has 0 unspecified atom stereocenters. The maximum atomic E-state index is 11.5. The summed E-state index contributed by atoms with van der Waals surface area (Å²) in [6, 6.07) is 0. The summed E-state index contributed by atoms with van der Waals surface area (Å²) in [4.78, 5) is 11.5. The van der Waals surface area contributed by atoms with Crippen LogP contribution in [0.1, 0.15) is 0 Å². The van der Waals surface area contributed by atoms with E-state index in [1.165, 1.54) is 0 Å². The third kappa shape index (κ3) is 0.929. The second-order valence-corrected chi connectivity index (χ2v) is 5.15. The molecule has 1 rings (SSSR count). The molecule has 2 nitrogen and oxygen atoms in total. The zero-order valence-corrected chi connectivity index (χ0v) is 8.82.